The molecular weight excluding hydrogens is 186 g/mol. The van der Waals surface area contributed by atoms with Crippen molar-refractivity contribution in [1.82, 2.24) is 5.32 Å². The van der Waals surface area contributed by atoms with Gasteiger partial charge < -0.3 is 10.4 Å². The third-order valence-corrected chi connectivity index (χ3v) is 2.31. The Hall–Kier alpha value is -0.870. The van der Waals surface area contributed by atoms with E-state index in [9.17, 15) is 4.79 Å². The second kappa shape index (κ2) is 3.89. The van der Waals surface area contributed by atoms with Crippen LogP contribution in [0.5, 0.6) is 0 Å². The Balaban J connectivity index is 2.61. The highest BCUT2D eigenvalue weighted by molar-refractivity contribution is 7.08. The van der Waals surface area contributed by atoms with Crippen LogP contribution < -0.4 is 5.32 Å². The highest BCUT2D eigenvalue weighted by Gasteiger charge is 2.19. The molecule has 72 valence electrons. The highest BCUT2D eigenvalue weighted by atomic mass is 32.1. The van der Waals surface area contributed by atoms with E-state index in [1.54, 1.807) is 25.3 Å². The number of nitrogens with one attached hydrogen (secondary N) is 1. The van der Waals surface area contributed by atoms with Crippen LogP contribution in [0.3, 0.4) is 0 Å². The van der Waals surface area contributed by atoms with Gasteiger partial charge in [0.05, 0.1) is 17.7 Å². The molecular formula is C9H13NO2S. The molecule has 13 heavy (non-hydrogen) atoms. The fourth-order valence-corrected chi connectivity index (χ4v) is 1.45. The molecule has 0 spiro atoms. The summed E-state index contributed by atoms with van der Waals surface area (Å²) in [7, 11) is 0. The third kappa shape index (κ3) is 2.82. The molecule has 4 heteroatoms. The number of hydrogen-bond donors (Lipinski definition) is 2. The van der Waals surface area contributed by atoms with Crippen LogP contribution in [-0.4, -0.2) is 23.2 Å². The van der Waals surface area contributed by atoms with Gasteiger partial charge >= 0.3 is 0 Å². The molecule has 0 aromatic carbocycles. The van der Waals surface area contributed by atoms with Crippen LogP contribution in [0, 0.1) is 0 Å². The molecule has 1 amide bonds. The Morgan fingerprint density at radius 3 is 2.85 bits per heavy atom. The zero-order valence-electron chi connectivity index (χ0n) is 7.70. The van der Waals surface area contributed by atoms with Crippen LogP contribution in [0.2, 0.25) is 0 Å². The number of hydrogen-bond acceptors (Lipinski definition) is 3. The lowest BCUT2D eigenvalue weighted by Crippen LogP contribution is -2.46. The maximum Gasteiger partial charge on any atom is 0.252 e. The first-order valence-electron chi connectivity index (χ1n) is 4.01. The molecule has 0 fully saturated rings. The topological polar surface area (TPSA) is 49.3 Å². The summed E-state index contributed by atoms with van der Waals surface area (Å²) >= 11 is 1.48. The molecule has 1 heterocycles. The first kappa shape index (κ1) is 10.2. The first-order valence-corrected chi connectivity index (χ1v) is 4.95. The Kier molecular flexibility index (Phi) is 3.06. The largest absolute Gasteiger partial charge is 0.394 e. The minimum atomic E-state index is -0.557. The van der Waals surface area contributed by atoms with Crippen molar-refractivity contribution in [2.75, 3.05) is 6.61 Å². The van der Waals surface area contributed by atoms with Gasteiger partial charge in [-0.3, -0.25) is 4.79 Å². The molecule has 0 saturated carbocycles. The molecule has 1 rings (SSSR count). The van der Waals surface area contributed by atoms with Crippen LogP contribution in [-0.2, 0) is 0 Å². The lowest BCUT2D eigenvalue weighted by molar-refractivity contribution is 0.0870. The van der Waals surface area contributed by atoms with Gasteiger partial charge in [0, 0.05) is 5.38 Å². The molecule has 0 atom stereocenters. The molecule has 0 aliphatic heterocycles. The predicted molar refractivity (Wildman–Crippen MR) is 53.0 cm³/mol. The normalized spacial score (nSPS) is 11.3. The number of aliphatic hydroxyl groups is 1. The smallest absolute Gasteiger partial charge is 0.252 e. The quantitative estimate of drug-likeness (QED) is 0.769. The number of rotatable bonds is 3. The number of carbonyl (C=O) groups is 1. The van der Waals surface area contributed by atoms with Crippen molar-refractivity contribution >= 4 is 17.2 Å². The van der Waals surface area contributed by atoms with Crippen molar-refractivity contribution in [2.24, 2.45) is 0 Å². The number of aliphatic hydroxyl groups excluding tert-OH is 1. The lowest BCUT2D eigenvalue weighted by atomic mass is 10.1. The van der Waals surface area contributed by atoms with Gasteiger partial charge in [-0.25, -0.2) is 0 Å². The first-order chi connectivity index (χ1) is 6.05. The average molecular weight is 199 g/mol. The van der Waals surface area contributed by atoms with Crippen molar-refractivity contribution in [3.8, 4) is 0 Å². The van der Waals surface area contributed by atoms with E-state index in [1.807, 2.05) is 5.38 Å². The molecule has 0 saturated heterocycles. The van der Waals surface area contributed by atoms with Gasteiger partial charge in [0.15, 0.2) is 0 Å². The Morgan fingerprint density at radius 2 is 2.38 bits per heavy atom. The van der Waals surface area contributed by atoms with Crippen LogP contribution in [0.15, 0.2) is 16.8 Å². The second-order valence-corrected chi connectivity index (χ2v) is 4.29. The predicted octanol–water partition coefficient (Wildman–Crippen LogP) is 1.25. The van der Waals surface area contributed by atoms with E-state index in [-0.39, 0.29) is 12.5 Å². The maximum atomic E-state index is 11.5. The lowest BCUT2D eigenvalue weighted by Gasteiger charge is -2.22. The molecule has 1 aromatic heterocycles. The van der Waals surface area contributed by atoms with E-state index >= 15 is 0 Å². The Labute approximate surface area is 81.4 Å². The van der Waals surface area contributed by atoms with Gasteiger partial charge in [-0.15, -0.1) is 0 Å². The fourth-order valence-electron chi connectivity index (χ4n) is 0.813. The van der Waals surface area contributed by atoms with Gasteiger partial charge in [-0.1, -0.05) is 0 Å². The van der Waals surface area contributed by atoms with Crippen LogP contribution in [0.4, 0.5) is 0 Å². The molecule has 0 unspecified atom stereocenters. The maximum absolute atomic E-state index is 11.5. The molecule has 3 nitrogen and oxygen atoms in total. The monoisotopic (exact) mass is 199 g/mol. The summed E-state index contributed by atoms with van der Waals surface area (Å²) in [5, 5.41) is 15.3. The molecule has 0 bridgehead atoms. The van der Waals surface area contributed by atoms with Gasteiger partial charge in [-0.05, 0) is 25.3 Å². The van der Waals surface area contributed by atoms with Gasteiger partial charge in [0.2, 0.25) is 0 Å². The van der Waals surface area contributed by atoms with Crippen molar-refractivity contribution in [1.29, 1.82) is 0 Å². The highest BCUT2D eigenvalue weighted by Crippen LogP contribution is 2.08. The minimum Gasteiger partial charge on any atom is -0.394 e. The number of thiophene rings is 1. The summed E-state index contributed by atoms with van der Waals surface area (Å²) in [5.41, 5.74) is 0.0884. The van der Waals surface area contributed by atoms with E-state index < -0.39 is 5.54 Å². The summed E-state index contributed by atoms with van der Waals surface area (Å²) in [6.45, 7) is 3.48. The molecule has 0 radical (unpaired) electrons. The second-order valence-electron chi connectivity index (χ2n) is 3.51. The van der Waals surface area contributed by atoms with E-state index in [1.165, 1.54) is 11.3 Å². The number of carbonyl (C=O) groups excluding carboxylic acids is 1. The summed E-state index contributed by atoms with van der Waals surface area (Å²) < 4.78 is 0. The molecule has 0 aliphatic rings. The average Bonchev–Trinajstić information content (AvgIpc) is 2.55. The third-order valence-electron chi connectivity index (χ3n) is 1.63. The van der Waals surface area contributed by atoms with E-state index in [2.05, 4.69) is 5.32 Å². The number of amides is 1. The van der Waals surface area contributed by atoms with Crippen molar-refractivity contribution in [3.05, 3.63) is 22.4 Å². The van der Waals surface area contributed by atoms with E-state index in [0.717, 1.165) is 0 Å². The van der Waals surface area contributed by atoms with Gasteiger partial charge in [0.25, 0.3) is 5.91 Å². The summed E-state index contributed by atoms with van der Waals surface area (Å²) in [5.74, 6) is -0.139. The van der Waals surface area contributed by atoms with Crippen molar-refractivity contribution in [2.45, 2.75) is 19.4 Å². The molecule has 2 N–H and O–H groups in total. The Morgan fingerprint density at radius 1 is 1.69 bits per heavy atom. The van der Waals surface area contributed by atoms with Crippen LogP contribution >= 0.6 is 11.3 Å². The zero-order valence-corrected chi connectivity index (χ0v) is 8.52. The van der Waals surface area contributed by atoms with Crippen LogP contribution in [0.25, 0.3) is 0 Å². The fraction of sp³-hybridized carbons (Fsp3) is 0.444. The van der Waals surface area contributed by atoms with Gasteiger partial charge in [-0.2, -0.15) is 11.3 Å². The molecule has 1 aromatic rings. The summed E-state index contributed by atoms with van der Waals surface area (Å²) in [6.07, 6.45) is 0. The summed E-state index contributed by atoms with van der Waals surface area (Å²) in [6, 6.07) is 1.76. The van der Waals surface area contributed by atoms with Crippen LogP contribution in [0.1, 0.15) is 24.2 Å². The van der Waals surface area contributed by atoms with Crippen molar-refractivity contribution in [3.63, 3.8) is 0 Å². The molecule has 0 aliphatic carbocycles. The van der Waals surface area contributed by atoms with E-state index in [4.69, 9.17) is 5.11 Å². The standard InChI is InChI=1S/C9H13NO2S/c1-9(2,6-11)10-8(12)7-3-4-13-5-7/h3-5,11H,6H2,1-2H3,(H,10,12). The SMILES string of the molecule is CC(C)(CO)NC(=O)c1ccsc1. The van der Waals surface area contributed by atoms with Crippen molar-refractivity contribution < 1.29 is 9.90 Å². The zero-order chi connectivity index (χ0) is 9.90. The van der Waals surface area contributed by atoms with Gasteiger partial charge in [0.1, 0.15) is 0 Å². The van der Waals surface area contributed by atoms with E-state index in [0.29, 0.717) is 5.56 Å². The Bertz CT molecular complexity index is 280. The minimum absolute atomic E-state index is 0.0666. The summed E-state index contributed by atoms with van der Waals surface area (Å²) in [4.78, 5) is 11.5.